The van der Waals surface area contributed by atoms with Crippen LogP contribution in [0.4, 0.5) is 5.69 Å². The molecule has 7 heteroatoms. The lowest BCUT2D eigenvalue weighted by Gasteiger charge is -2.21. The zero-order valence-electron chi connectivity index (χ0n) is 17.6. The zero-order valence-corrected chi connectivity index (χ0v) is 17.6. The van der Waals surface area contributed by atoms with E-state index in [9.17, 15) is 14.4 Å². The van der Waals surface area contributed by atoms with Crippen LogP contribution >= 0.6 is 0 Å². The zero-order chi connectivity index (χ0) is 21.9. The highest BCUT2D eigenvalue weighted by atomic mass is 16.5. The van der Waals surface area contributed by atoms with Crippen molar-refractivity contribution in [2.45, 2.75) is 26.3 Å². The third kappa shape index (κ3) is 6.62. The van der Waals surface area contributed by atoms with Gasteiger partial charge in [0.05, 0.1) is 12.7 Å². The van der Waals surface area contributed by atoms with Crippen molar-refractivity contribution in [3.63, 3.8) is 0 Å². The molecule has 1 N–H and O–H groups in total. The first-order valence-electron chi connectivity index (χ1n) is 9.91. The number of nitrogens with zero attached hydrogens (tertiary/aromatic N) is 1. The largest absolute Gasteiger partial charge is 0.467 e. The number of carbonyl (C=O) groups excluding carboxylic acids is 3. The number of methoxy groups -OCH3 is 1. The minimum atomic E-state index is -0.864. The van der Waals surface area contributed by atoms with Gasteiger partial charge in [0.1, 0.15) is 6.04 Å². The second-order valence-electron chi connectivity index (χ2n) is 6.63. The van der Waals surface area contributed by atoms with Gasteiger partial charge in [0, 0.05) is 25.2 Å². The lowest BCUT2D eigenvalue weighted by atomic mass is 10.1. The van der Waals surface area contributed by atoms with Crippen molar-refractivity contribution in [2.75, 3.05) is 31.7 Å². The highest BCUT2D eigenvalue weighted by molar-refractivity contribution is 5.92. The molecule has 0 spiro atoms. The van der Waals surface area contributed by atoms with Gasteiger partial charge in [0.15, 0.2) is 6.61 Å². The fourth-order valence-corrected chi connectivity index (χ4v) is 3.03. The fourth-order valence-electron chi connectivity index (χ4n) is 3.03. The number of carbonyl (C=O) groups is 3. The summed E-state index contributed by atoms with van der Waals surface area (Å²) >= 11 is 0. The van der Waals surface area contributed by atoms with E-state index in [1.54, 1.807) is 12.1 Å². The number of esters is 2. The smallest absolute Gasteiger partial charge is 0.338 e. The molecule has 0 aromatic heterocycles. The molecule has 0 aliphatic heterocycles. The molecule has 0 saturated carbocycles. The van der Waals surface area contributed by atoms with Crippen molar-refractivity contribution in [3.05, 3.63) is 65.7 Å². The van der Waals surface area contributed by atoms with E-state index in [0.717, 1.165) is 24.3 Å². The van der Waals surface area contributed by atoms with Crippen molar-refractivity contribution >= 4 is 23.5 Å². The van der Waals surface area contributed by atoms with E-state index in [0.29, 0.717) is 5.56 Å². The average Bonchev–Trinajstić information content (AvgIpc) is 2.78. The summed E-state index contributed by atoms with van der Waals surface area (Å²) in [6, 6.07) is 15.4. The number of anilines is 1. The first-order valence-corrected chi connectivity index (χ1v) is 9.91. The lowest BCUT2D eigenvalue weighted by molar-refractivity contribution is -0.145. The standard InChI is InChI=1S/C23H28N2O5/c1-4-25(5-2)19-13-11-18(12-14-19)22(27)30-16-21(26)24-20(23(28)29-3)15-17-9-7-6-8-10-17/h6-14,20H,4-5,15-16H2,1-3H3,(H,24,26). The van der Waals surface area contributed by atoms with Crippen LogP contribution in [0, 0.1) is 0 Å². The third-order valence-corrected chi connectivity index (χ3v) is 4.67. The van der Waals surface area contributed by atoms with E-state index in [1.165, 1.54) is 7.11 Å². The Kier molecular flexibility index (Phi) is 8.87. The predicted octanol–water partition coefficient (Wildman–Crippen LogP) is 2.59. The van der Waals surface area contributed by atoms with Gasteiger partial charge in [-0.15, -0.1) is 0 Å². The molecule has 1 amide bonds. The van der Waals surface area contributed by atoms with Crippen molar-refractivity contribution in [2.24, 2.45) is 0 Å². The van der Waals surface area contributed by atoms with Gasteiger partial charge in [-0.2, -0.15) is 0 Å². The summed E-state index contributed by atoms with van der Waals surface area (Å²) in [5.74, 6) is -1.74. The van der Waals surface area contributed by atoms with Crippen molar-refractivity contribution < 1.29 is 23.9 Å². The Morgan fingerprint density at radius 3 is 2.17 bits per heavy atom. The number of benzene rings is 2. The summed E-state index contributed by atoms with van der Waals surface area (Å²) in [7, 11) is 1.26. The summed E-state index contributed by atoms with van der Waals surface area (Å²) in [5.41, 5.74) is 2.24. The molecule has 0 saturated heterocycles. The van der Waals surface area contributed by atoms with Crippen LogP contribution in [-0.4, -0.2) is 50.7 Å². The Bertz CT molecular complexity index is 832. The minimum Gasteiger partial charge on any atom is -0.467 e. The van der Waals surface area contributed by atoms with Gasteiger partial charge in [-0.05, 0) is 43.7 Å². The van der Waals surface area contributed by atoms with Crippen LogP contribution in [-0.2, 0) is 25.5 Å². The summed E-state index contributed by atoms with van der Waals surface area (Å²) in [6.07, 6.45) is 0.278. The summed E-state index contributed by atoms with van der Waals surface area (Å²) in [5, 5.41) is 2.56. The summed E-state index contributed by atoms with van der Waals surface area (Å²) < 4.78 is 9.85. The van der Waals surface area contributed by atoms with Crippen molar-refractivity contribution in [3.8, 4) is 0 Å². The maximum atomic E-state index is 12.2. The first kappa shape index (κ1) is 22.9. The molecule has 0 radical (unpaired) electrons. The van der Waals surface area contributed by atoms with Crippen LogP contribution in [0.15, 0.2) is 54.6 Å². The van der Waals surface area contributed by atoms with Crippen LogP contribution in [0.5, 0.6) is 0 Å². The Balaban J connectivity index is 1.91. The Hall–Kier alpha value is -3.35. The van der Waals surface area contributed by atoms with E-state index >= 15 is 0 Å². The van der Waals surface area contributed by atoms with E-state index in [2.05, 4.69) is 24.1 Å². The molecule has 2 rings (SSSR count). The van der Waals surface area contributed by atoms with Gasteiger partial charge in [-0.3, -0.25) is 4.79 Å². The highest BCUT2D eigenvalue weighted by Crippen LogP contribution is 2.15. The number of nitrogens with one attached hydrogen (secondary N) is 1. The van der Waals surface area contributed by atoms with Gasteiger partial charge in [-0.25, -0.2) is 9.59 Å². The molecule has 0 fully saturated rings. The average molecular weight is 412 g/mol. The van der Waals surface area contributed by atoms with E-state index < -0.39 is 30.5 Å². The number of amides is 1. The van der Waals surface area contributed by atoms with Gasteiger partial charge in [0.2, 0.25) is 0 Å². The number of hydrogen-bond acceptors (Lipinski definition) is 6. The molecule has 1 unspecified atom stereocenters. The Labute approximate surface area is 177 Å². The summed E-state index contributed by atoms with van der Waals surface area (Å²) in [4.78, 5) is 38.6. The Morgan fingerprint density at radius 2 is 1.60 bits per heavy atom. The van der Waals surface area contributed by atoms with Gasteiger partial charge >= 0.3 is 11.9 Å². The lowest BCUT2D eigenvalue weighted by Crippen LogP contribution is -2.44. The molecule has 0 aliphatic rings. The Morgan fingerprint density at radius 1 is 0.967 bits per heavy atom. The van der Waals surface area contributed by atoms with Crippen LogP contribution in [0.2, 0.25) is 0 Å². The predicted molar refractivity (Wildman–Crippen MR) is 114 cm³/mol. The molecule has 2 aromatic rings. The normalized spacial score (nSPS) is 11.3. The fraction of sp³-hybridized carbons (Fsp3) is 0.348. The van der Waals surface area contributed by atoms with Gasteiger partial charge in [-0.1, -0.05) is 30.3 Å². The van der Waals surface area contributed by atoms with Crippen molar-refractivity contribution in [1.82, 2.24) is 5.32 Å². The van der Waals surface area contributed by atoms with Gasteiger partial charge in [0.25, 0.3) is 5.91 Å². The molecule has 0 bridgehead atoms. The minimum absolute atomic E-state index is 0.278. The SMILES string of the molecule is CCN(CC)c1ccc(C(=O)OCC(=O)NC(Cc2ccccc2)C(=O)OC)cc1. The molecular weight excluding hydrogens is 384 g/mol. The van der Waals surface area contributed by atoms with Crippen LogP contribution < -0.4 is 10.2 Å². The summed E-state index contributed by atoms with van der Waals surface area (Å²) in [6.45, 7) is 5.36. The third-order valence-electron chi connectivity index (χ3n) is 4.67. The maximum Gasteiger partial charge on any atom is 0.338 e. The second-order valence-corrected chi connectivity index (χ2v) is 6.63. The van der Waals surface area contributed by atoms with Crippen molar-refractivity contribution in [1.29, 1.82) is 0 Å². The highest BCUT2D eigenvalue weighted by Gasteiger charge is 2.22. The van der Waals surface area contributed by atoms with E-state index in [4.69, 9.17) is 9.47 Å². The molecule has 1 atom stereocenters. The van der Waals surface area contributed by atoms with E-state index in [1.807, 2.05) is 42.5 Å². The van der Waals surface area contributed by atoms with E-state index in [-0.39, 0.29) is 6.42 Å². The molecule has 160 valence electrons. The number of ether oxygens (including phenoxy) is 2. The maximum absolute atomic E-state index is 12.2. The molecule has 2 aromatic carbocycles. The molecule has 30 heavy (non-hydrogen) atoms. The number of hydrogen-bond donors (Lipinski definition) is 1. The monoisotopic (exact) mass is 412 g/mol. The van der Waals surface area contributed by atoms with Crippen LogP contribution in [0.1, 0.15) is 29.8 Å². The van der Waals surface area contributed by atoms with Crippen LogP contribution in [0.25, 0.3) is 0 Å². The molecule has 7 nitrogen and oxygen atoms in total. The molecular formula is C23H28N2O5. The first-order chi connectivity index (χ1) is 14.5. The van der Waals surface area contributed by atoms with Gasteiger partial charge < -0.3 is 19.7 Å². The quantitative estimate of drug-likeness (QED) is 0.604. The number of rotatable bonds is 10. The van der Waals surface area contributed by atoms with Crippen LogP contribution in [0.3, 0.4) is 0 Å². The second kappa shape index (κ2) is 11.6. The molecule has 0 heterocycles. The topological polar surface area (TPSA) is 84.9 Å². The molecule has 0 aliphatic carbocycles.